The van der Waals surface area contributed by atoms with E-state index in [0.717, 1.165) is 5.56 Å². The van der Waals surface area contributed by atoms with Crippen LogP contribution in [0, 0.1) is 10.1 Å². The number of nitrogens with zero attached hydrogens (tertiary/aromatic N) is 2. The first kappa shape index (κ1) is 17.1. The fourth-order valence-electron chi connectivity index (χ4n) is 2.07. The van der Waals surface area contributed by atoms with E-state index in [4.69, 9.17) is 0 Å². The molecule has 0 unspecified atom stereocenters. The van der Waals surface area contributed by atoms with Gasteiger partial charge in [0.25, 0.3) is 17.5 Å². The first-order chi connectivity index (χ1) is 11.4. The van der Waals surface area contributed by atoms with Crippen LogP contribution in [0.1, 0.15) is 26.3 Å². The van der Waals surface area contributed by atoms with Crippen molar-refractivity contribution in [3.8, 4) is 0 Å². The Morgan fingerprint density at radius 1 is 1.08 bits per heavy atom. The summed E-state index contributed by atoms with van der Waals surface area (Å²) in [6.45, 7) is 0.262. The van der Waals surface area contributed by atoms with Gasteiger partial charge in [-0.3, -0.25) is 19.7 Å². The Labute approximate surface area is 139 Å². The smallest absolute Gasteiger partial charge is 0.270 e. The molecule has 7 nitrogen and oxygen atoms in total. The van der Waals surface area contributed by atoms with Crippen molar-refractivity contribution < 1.29 is 14.5 Å². The molecule has 124 valence electrons. The van der Waals surface area contributed by atoms with Crippen molar-refractivity contribution in [1.82, 2.24) is 10.2 Å². The second kappa shape index (κ2) is 7.36. The van der Waals surface area contributed by atoms with Gasteiger partial charge in [0.2, 0.25) is 0 Å². The van der Waals surface area contributed by atoms with Gasteiger partial charge < -0.3 is 10.2 Å². The van der Waals surface area contributed by atoms with E-state index in [-0.39, 0.29) is 23.7 Å². The molecule has 0 aliphatic rings. The number of nitrogens with one attached hydrogen (secondary N) is 1. The average molecular weight is 327 g/mol. The zero-order valence-electron chi connectivity index (χ0n) is 13.4. The van der Waals surface area contributed by atoms with Crippen molar-refractivity contribution in [2.45, 2.75) is 6.54 Å². The lowest BCUT2D eigenvalue weighted by Gasteiger charge is -2.11. The van der Waals surface area contributed by atoms with E-state index >= 15 is 0 Å². The second-order valence-electron chi connectivity index (χ2n) is 5.39. The highest BCUT2D eigenvalue weighted by Gasteiger charge is 2.11. The molecule has 0 aromatic heterocycles. The number of carbonyl (C=O) groups is 2. The van der Waals surface area contributed by atoms with Crippen molar-refractivity contribution in [1.29, 1.82) is 0 Å². The van der Waals surface area contributed by atoms with E-state index in [1.807, 2.05) is 0 Å². The van der Waals surface area contributed by atoms with Gasteiger partial charge in [-0.1, -0.05) is 18.2 Å². The molecule has 0 aliphatic heterocycles. The van der Waals surface area contributed by atoms with Crippen LogP contribution in [0.3, 0.4) is 0 Å². The fourth-order valence-corrected chi connectivity index (χ4v) is 2.07. The number of hydrogen-bond donors (Lipinski definition) is 1. The molecule has 0 saturated heterocycles. The quantitative estimate of drug-likeness (QED) is 0.673. The summed E-state index contributed by atoms with van der Waals surface area (Å²) in [5.41, 5.74) is 1.48. The van der Waals surface area contributed by atoms with Crippen LogP contribution in [-0.2, 0) is 6.54 Å². The van der Waals surface area contributed by atoms with E-state index < -0.39 is 10.8 Å². The van der Waals surface area contributed by atoms with Crippen LogP contribution in [0.15, 0.2) is 48.5 Å². The van der Waals surface area contributed by atoms with Gasteiger partial charge in [0, 0.05) is 43.9 Å². The van der Waals surface area contributed by atoms with Gasteiger partial charge in [-0.15, -0.1) is 0 Å². The lowest BCUT2D eigenvalue weighted by atomic mass is 10.1. The Balaban J connectivity index is 2.00. The van der Waals surface area contributed by atoms with Crippen molar-refractivity contribution in [2.24, 2.45) is 0 Å². The van der Waals surface area contributed by atoms with E-state index in [1.165, 1.54) is 29.2 Å². The summed E-state index contributed by atoms with van der Waals surface area (Å²) >= 11 is 0. The molecule has 24 heavy (non-hydrogen) atoms. The summed E-state index contributed by atoms with van der Waals surface area (Å²) in [6.07, 6.45) is 0. The molecule has 1 N–H and O–H groups in total. The third-order valence-corrected chi connectivity index (χ3v) is 3.38. The Kier molecular flexibility index (Phi) is 5.26. The summed E-state index contributed by atoms with van der Waals surface area (Å²) in [7, 11) is 3.35. The summed E-state index contributed by atoms with van der Waals surface area (Å²) in [6, 6.07) is 12.4. The largest absolute Gasteiger partial charge is 0.348 e. The number of nitro benzene ring substituents is 1. The SMILES string of the molecule is CN(C)C(=O)c1ccc(CNC(=O)c2cccc([N+](=O)[O-])c2)cc1. The third-order valence-electron chi connectivity index (χ3n) is 3.38. The van der Waals surface area contributed by atoms with Crippen LogP contribution in [0.4, 0.5) is 5.69 Å². The zero-order chi connectivity index (χ0) is 17.7. The molecule has 0 spiro atoms. The maximum Gasteiger partial charge on any atom is 0.270 e. The number of amides is 2. The summed E-state index contributed by atoms with van der Waals surface area (Å²) in [5, 5.41) is 13.4. The standard InChI is InChI=1S/C17H17N3O4/c1-19(2)17(22)13-8-6-12(7-9-13)11-18-16(21)14-4-3-5-15(10-14)20(23)24/h3-10H,11H2,1-2H3,(H,18,21). The number of hydrogen-bond acceptors (Lipinski definition) is 4. The van der Waals surface area contributed by atoms with Crippen molar-refractivity contribution >= 4 is 17.5 Å². The molecular formula is C17H17N3O4. The Hall–Kier alpha value is -3.22. The normalized spacial score (nSPS) is 10.1. The summed E-state index contributed by atoms with van der Waals surface area (Å²) in [5.74, 6) is -0.491. The minimum Gasteiger partial charge on any atom is -0.348 e. The van der Waals surface area contributed by atoms with Crippen LogP contribution in [0.25, 0.3) is 0 Å². The van der Waals surface area contributed by atoms with Crippen molar-refractivity contribution in [3.63, 3.8) is 0 Å². The fraction of sp³-hybridized carbons (Fsp3) is 0.176. The monoisotopic (exact) mass is 327 g/mol. The molecule has 2 rings (SSSR count). The van der Waals surface area contributed by atoms with E-state index in [9.17, 15) is 19.7 Å². The van der Waals surface area contributed by atoms with Crippen LogP contribution >= 0.6 is 0 Å². The molecular weight excluding hydrogens is 310 g/mol. The van der Waals surface area contributed by atoms with Gasteiger partial charge in [-0.25, -0.2) is 0 Å². The first-order valence-electron chi connectivity index (χ1n) is 7.21. The van der Waals surface area contributed by atoms with Gasteiger partial charge in [0.05, 0.1) is 4.92 Å². The number of carbonyl (C=O) groups excluding carboxylic acids is 2. The lowest BCUT2D eigenvalue weighted by Crippen LogP contribution is -2.23. The maximum absolute atomic E-state index is 12.1. The van der Waals surface area contributed by atoms with Crippen LogP contribution < -0.4 is 5.32 Å². The van der Waals surface area contributed by atoms with Crippen LogP contribution in [0.5, 0.6) is 0 Å². The molecule has 0 aliphatic carbocycles. The summed E-state index contributed by atoms with van der Waals surface area (Å²) < 4.78 is 0. The minimum absolute atomic E-state index is 0.0952. The van der Waals surface area contributed by atoms with Gasteiger partial charge in [0.15, 0.2) is 0 Å². The minimum atomic E-state index is -0.544. The Morgan fingerprint density at radius 3 is 2.33 bits per heavy atom. The van der Waals surface area contributed by atoms with Crippen LogP contribution in [-0.4, -0.2) is 35.7 Å². The molecule has 7 heteroatoms. The predicted molar refractivity (Wildman–Crippen MR) is 88.7 cm³/mol. The molecule has 2 aromatic rings. The molecule has 0 bridgehead atoms. The third kappa shape index (κ3) is 4.16. The van der Waals surface area contributed by atoms with E-state index in [1.54, 1.807) is 38.4 Å². The lowest BCUT2D eigenvalue weighted by molar-refractivity contribution is -0.384. The highest BCUT2D eigenvalue weighted by molar-refractivity contribution is 5.95. The van der Waals surface area contributed by atoms with Gasteiger partial charge >= 0.3 is 0 Å². The molecule has 2 amide bonds. The number of nitro groups is 1. The second-order valence-corrected chi connectivity index (χ2v) is 5.39. The highest BCUT2D eigenvalue weighted by Crippen LogP contribution is 2.13. The Morgan fingerprint density at radius 2 is 1.75 bits per heavy atom. The number of non-ortho nitro benzene ring substituents is 1. The molecule has 0 atom stereocenters. The zero-order valence-corrected chi connectivity index (χ0v) is 13.4. The molecule has 0 radical (unpaired) electrons. The van der Waals surface area contributed by atoms with Crippen LogP contribution in [0.2, 0.25) is 0 Å². The first-order valence-corrected chi connectivity index (χ1v) is 7.21. The molecule has 0 fully saturated rings. The van der Waals surface area contributed by atoms with E-state index in [0.29, 0.717) is 5.56 Å². The van der Waals surface area contributed by atoms with E-state index in [2.05, 4.69) is 5.32 Å². The van der Waals surface area contributed by atoms with Gasteiger partial charge in [-0.2, -0.15) is 0 Å². The highest BCUT2D eigenvalue weighted by atomic mass is 16.6. The average Bonchev–Trinajstić information content (AvgIpc) is 2.59. The van der Waals surface area contributed by atoms with Crippen molar-refractivity contribution in [3.05, 3.63) is 75.3 Å². The maximum atomic E-state index is 12.1. The number of benzene rings is 2. The summed E-state index contributed by atoms with van der Waals surface area (Å²) in [4.78, 5) is 35.5. The van der Waals surface area contributed by atoms with Gasteiger partial charge in [-0.05, 0) is 23.8 Å². The molecule has 0 heterocycles. The topological polar surface area (TPSA) is 92.6 Å². The predicted octanol–water partition coefficient (Wildman–Crippen LogP) is 2.23. The van der Waals surface area contributed by atoms with Gasteiger partial charge in [0.1, 0.15) is 0 Å². The van der Waals surface area contributed by atoms with Crippen molar-refractivity contribution in [2.75, 3.05) is 14.1 Å². The Bertz CT molecular complexity index is 770. The molecule has 0 saturated carbocycles. The number of rotatable bonds is 5. The molecule has 2 aromatic carbocycles.